The van der Waals surface area contributed by atoms with E-state index < -0.39 is 5.97 Å². The highest BCUT2D eigenvalue weighted by Crippen LogP contribution is 2.21. The van der Waals surface area contributed by atoms with Crippen LogP contribution in [0.25, 0.3) is 0 Å². The number of anilines is 1. The summed E-state index contributed by atoms with van der Waals surface area (Å²) in [6.07, 6.45) is 6.74. The highest BCUT2D eigenvalue weighted by atomic mass is 16.4. The fraction of sp³-hybridized carbons (Fsp3) is 0.286. The predicted octanol–water partition coefficient (Wildman–Crippen LogP) is 2.68. The molecule has 2 N–H and O–H groups in total. The molecule has 1 unspecified atom stereocenters. The molecule has 94 valence electrons. The maximum absolute atomic E-state index is 11.7. The largest absolute Gasteiger partial charge is 0.478 e. The minimum Gasteiger partial charge on any atom is -0.478 e. The van der Waals surface area contributed by atoms with E-state index in [4.69, 9.17) is 5.11 Å². The molecular weight excluding hydrogens is 230 g/mol. The standard InChI is InChI=1S/C14H15NO3/c16-13(9-10-3-1-2-4-10)15-12-7-5-11(6-8-12)14(17)18/h1,3,5-8,10H,2,4,9H2,(H,15,16)(H,17,18). The van der Waals surface area contributed by atoms with E-state index in [1.54, 1.807) is 12.1 Å². The van der Waals surface area contributed by atoms with Gasteiger partial charge in [0.15, 0.2) is 0 Å². The lowest BCUT2D eigenvalue weighted by atomic mass is 10.0. The number of amides is 1. The second-order valence-electron chi connectivity index (χ2n) is 4.40. The Bertz CT molecular complexity index is 476. The van der Waals surface area contributed by atoms with Crippen molar-refractivity contribution in [1.29, 1.82) is 0 Å². The summed E-state index contributed by atoms with van der Waals surface area (Å²) in [5.41, 5.74) is 0.846. The fourth-order valence-electron chi connectivity index (χ4n) is 2.01. The first kappa shape index (κ1) is 12.4. The van der Waals surface area contributed by atoms with Crippen LogP contribution in [0.1, 0.15) is 29.6 Å². The highest BCUT2D eigenvalue weighted by Gasteiger charge is 2.14. The fourth-order valence-corrected chi connectivity index (χ4v) is 2.01. The van der Waals surface area contributed by atoms with E-state index in [1.807, 2.05) is 0 Å². The van der Waals surface area contributed by atoms with Gasteiger partial charge < -0.3 is 10.4 Å². The molecule has 1 atom stereocenters. The monoisotopic (exact) mass is 245 g/mol. The first-order chi connectivity index (χ1) is 8.65. The Labute approximate surface area is 105 Å². The number of aromatic carboxylic acids is 1. The normalized spacial score (nSPS) is 17.7. The highest BCUT2D eigenvalue weighted by molar-refractivity contribution is 5.92. The summed E-state index contributed by atoms with van der Waals surface area (Å²) >= 11 is 0. The molecule has 0 spiro atoms. The van der Waals surface area contributed by atoms with Gasteiger partial charge in [-0.15, -0.1) is 0 Å². The maximum Gasteiger partial charge on any atom is 0.335 e. The number of carboxylic acid groups (broad SMARTS) is 1. The number of carboxylic acids is 1. The van der Waals surface area contributed by atoms with Crippen LogP contribution in [0, 0.1) is 5.92 Å². The first-order valence-corrected chi connectivity index (χ1v) is 5.95. The van der Waals surface area contributed by atoms with Gasteiger partial charge in [-0.1, -0.05) is 12.2 Å². The SMILES string of the molecule is O=C(CC1C=CCC1)Nc1ccc(C(=O)O)cc1. The Hall–Kier alpha value is -2.10. The van der Waals surface area contributed by atoms with E-state index in [2.05, 4.69) is 17.5 Å². The number of benzene rings is 1. The van der Waals surface area contributed by atoms with Crippen LogP contribution in [0.5, 0.6) is 0 Å². The minimum absolute atomic E-state index is 0.0328. The van der Waals surface area contributed by atoms with Crippen molar-refractivity contribution < 1.29 is 14.7 Å². The van der Waals surface area contributed by atoms with E-state index in [1.165, 1.54) is 12.1 Å². The van der Waals surface area contributed by atoms with Crippen LogP contribution in [-0.2, 0) is 4.79 Å². The van der Waals surface area contributed by atoms with Gasteiger partial charge in [-0.3, -0.25) is 4.79 Å². The van der Waals surface area contributed by atoms with E-state index in [-0.39, 0.29) is 11.5 Å². The Morgan fingerprint density at radius 3 is 2.56 bits per heavy atom. The molecule has 1 amide bonds. The number of nitrogens with one attached hydrogen (secondary N) is 1. The topological polar surface area (TPSA) is 66.4 Å². The van der Waals surface area contributed by atoms with Crippen LogP contribution in [0.4, 0.5) is 5.69 Å². The number of rotatable bonds is 4. The molecule has 0 heterocycles. The number of carbonyl (C=O) groups is 2. The lowest BCUT2D eigenvalue weighted by Crippen LogP contribution is -2.14. The van der Waals surface area contributed by atoms with Gasteiger partial charge in [-0.25, -0.2) is 4.79 Å². The summed E-state index contributed by atoms with van der Waals surface area (Å²) in [4.78, 5) is 22.4. The molecule has 0 radical (unpaired) electrons. The maximum atomic E-state index is 11.7. The first-order valence-electron chi connectivity index (χ1n) is 5.95. The third-order valence-electron chi connectivity index (χ3n) is 2.98. The Morgan fingerprint density at radius 2 is 2.00 bits per heavy atom. The van der Waals surface area contributed by atoms with E-state index in [0.29, 0.717) is 18.0 Å². The number of carbonyl (C=O) groups excluding carboxylic acids is 1. The molecule has 4 nitrogen and oxygen atoms in total. The van der Waals surface area contributed by atoms with Gasteiger partial charge in [-0.2, -0.15) is 0 Å². The van der Waals surface area contributed by atoms with Crippen LogP contribution in [0.2, 0.25) is 0 Å². The van der Waals surface area contributed by atoms with Crippen molar-refractivity contribution in [2.75, 3.05) is 5.32 Å². The summed E-state index contributed by atoms with van der Waals surface area (Å²) in [7, 11) is 0. The third-order valence-corrected chi connectivity index (χ3v) is 2.98. The molecule has 0 aromatic heterocycles. The van der Waals surface area contributed by atoms with Crippen molar-refractivity contribution >= 4 is 17.6 Å². The Kier molecular flexibility index (Phi) is 3.77. The molecule has 1 aliphatic rings. The summed E-state index contributed by atoms with van der Waals surface area (Å²) in [5, 5.41) is 11.5. The molecule has 0 saturated carbocycles. The van der Waals surface area contributed by atoms with Gasteiger partial charge in [0.05, 0.1) is 5.56 Å². The zero-order valence-corrected chi connectivity index (χ0v) is 9.93. The summed E-state index contributed by atoms with van der Waals surface area (Å²) < 4.78 is 0. The minimum atomic E-state index is -0.969. The summed E-state index contributed by atoms with van der Waals surface area (Å²) in [6.45, 7) is 0. The van der Waals surface area contributed by atoms with Gasteiger partial charge in [0.25, 0.3) is 0 Å². The van der Waals surface area contributed by atoms with Crippen molar-refractivity contribution in [2.45, 2.75) is 19.3 Å². The average molecular weight is 245 g/mol. The quantitative estimate of drug-likeness (QED) is 0.801. The van der Waals surface area contributed by atoms with Crippen molar-refractivity contribution in [3.63, 3.8) is 0 Å². The molecule has 1 aromatic carbocycles. The molecule has 0 fully saturated rings. The van der Waals surface area contributed by atoms with E-state index in [0.717, 1.165) is 12.8 Å². The van der Waals surface area contributed by atoms with Gasteiger partial charge >= 0.3 is 5.97 Å². The predicted molar refractivity (Wildman–Crippen MR) is 68.5 cm³/mol. The zero-order chi connectivity index (χ0) is 13.0. The molecule has 2 rings (SSSR count). The number of allylic oxidation sites excluding steroid dienone is 2. The van der Waals surface area contributed by atoms with Crippen LogP contribution in [-0.4, -0.2) is 17.0 Å². The van der Waals surface area contributed by atoms with Crippen molar-refractivity contribution in [1.82, 2.24) is 0 Å². The van der Waals surface area contributed by atoms with Crippen LogP contribution in [0.15, 0.2) is 36.4 Å². The summed E-state index contributed by atoms with van der Waals surface area (Å²) in [5.74, 6) is -0.665. The molecule has 0 saturated heterocycles. The molecular formula is C14H15NO3. The molecule has 18 heavy (non-hydrogen) atoms. The Balaban J connectivity index is 1.90. The molecule has 1 aromatic rings. The number of hydrogen-bond acceptors (Lipinski definition) is 2. The number of hydrogen-bond donors (Lipinski definition) is 2. The van der Waals surface area contributed by atoms with Crippen LogP contribution < -0.4 is 5.32 Å². The molecule has 0 bridgehead atoms. The van der Waals surface area contributed by atoms with Gasteiger partial charge in [0.1, 0.15) is 0 Å². The molecule has 0 aliphatic heterocycles. The van der Waals surface area contributed by atoms with Gasteiger partial charge in [0, 0.05) is 12.1 Å². The smallest absolute Gasteiger partial charge is 0.335 e. The average Bonchev–Trinajstić information content (AvgIpc) is 2.82. The lowest BCUT2D eigenvalue weighted by molar-refractivity contribution is -0.116. The third kappa shape index (κ3) is 3.20. The van der Waals surface area contributed by atoms with Crippen molar-refractivity contribution in [2.24, 2.45) is 5.92 Å². The zero-order valence-electron chi connectivity index (χ0n) is 9.93. The van der Waals surface area contributed by atoms with Crippen molar-refractivity contribution in [3.8, 4) is 0 Å². The van der Waals surface area contributed by atoms with Gasteiger partial charge in [-0.05, 0) is 43.0 Å². The van der Waals surface area contributed by atoms with Gasteiger partial charge in [0.2, 0.25) is 5.91 Å². The molecule has 1 aliphatic carbocycles. The van der Waals surface area contributed by atoms with Crippen LogP contribution in [0.3, 0.4) is 0 Å². The Morgan fingerprint density at radius 1 is 1.28 bits per heavy atom. The van der Waals surface area contributed by atoms with E-state index in [9.17, 15) is 9.59 Å². The van der Waals surface area contributed by atoms with Crippen LogP contribution >= 0.6 is 0 Å². The van der Waals surface area contributed by atoms with Crippen molar-refractivity contribution in [3.05, 3.63) is 42.0 Å². The second kappa shape index (κ2) is 5.49. The van der Waals surface area contributed by atoms with E-state index >= 15 is 0 Å². The lowest BCUT2D eigenvalue weighted by Gasteiger charge is -2.08. The summed E-state index contributed by atoms with van der Waals surface area (Å²) in [6, 6.07) is 6.17. The second-order valence-corrected chi connectivity index (χ2v) is 4.40. The molecule has 4 heteroatoms.